The summed E-state index contributed by atoms with van der Waals surface area (Å²) in [5.41, 5.74) is 0.256. The van der Waals surface area contributed by atoms with Crippen LogP contribution >= 0.6 is 11.8 Å². The van der Waals surface area contributed by atoms with Crippen LogP contribution in [0.4, 0.5) is 10.6 Å². The summed E-state index contributed by atoms with van der Waals surface area (Å²) in [6.07, 6.45) is 5.40. The highest BCUT2D eigenvalue weighted by Crippen LogP contribution is 2.52. The standard InChI is InChI=1S/C29H40N5O6S.HI/c1-6-14-39-28(37)25-26(18(3)24-23(19(4)35)27(36)34(24)25)41-21-16-20(32(17-21)29(38)40-15-7-2)8-11-31-12-13-33-22(31)9-10-30(33)5;/h6-7,9-10,18-21,23-24,35H,1-2,8,11-17H2,3-5H3;1H/q+1;/p-1/t18-,19-,20-,21+,23-,24-;/m1./s1. The lowest BCUT2D eigenvalue weighted by molar-refractivity contribution is -0.751. The third-order valence-electron chi connectivity index (χ3n) is 8.59. The van der Waals surface area contributed by atoms with Gasteiger partial charge in [0.2, 0.25) is 5.91 Å². The number of aryl methyl sites for hydroxylation is 1. The Labute approximate surface area is 268 Å². The fourth-order valence-electron chi connectivity index (χ4n) is 6.63. The largest absolute Gasteiger partial charge is 1.00 e. The van der Waals surface area contributed by atoms with Crippen LogP contribution in [0.2, 0.25) is 0 Å². The maximum atomic E-state index is 13.2. The van der Waals surface area contributed by atoms with Gasteiger partial charge < -0.3 is 53.3 Å². The predicted molar refractivity (Wildman–Crippen MR) is 154 cm³/mol. The van der Waals surface area contributed by atoms with Crippen LogP contribution in [0.5, 0.6) is 0 Å². The average molecular weight is 714 g/mol. The molecule has 11 nitrogen and oxygen atoms in total. The van der Waals surface area contributed by atoms with Crippen LogP contribution in [0.15, 0.2) is 48.2 Å². The van der Waals surface area contributed by atoms with Crippen LogP contribution in [-0.4, -0.2) is 93.8 Å². The highest BCUT2D eigenvalue weighted by atomic mass is 127. The molecule has 1 aromatic heterocycles. The molecule has 0 bridgehead atoms. The van der Waals surface area contributed by atoms with Gasteiger partial charge in [-0.25, -0.2) is 9.59 Å². The number of hydrogen-bond donors (Lipinski definition) is 1. The van der Waals surface area contributed by atoms with Gasteiger partial charge in [-0.05, 0) is 19.8 Å². The van der Waals surface area contributed by atoms with E-state index in [4.69, 9.17) is 9.47 Å². The number of thioether (sulfide) groups is 1. The van der Waals surface area contributed by atoms with Crippen molar-refractivity contribution in [2.75, 3.05) is 37.7 Å². The Bertz CT molecular complexity index is 1270. The Balaban J connectivity index is 0.00000405. The molecule has 2 amide bonds. The van der Waals surface area contributed by atoms with Gasteiger partial charge in [0, 0.05) is 41.7 Å². The van der Waals surface area contributed by atoms with Crippen LogP contribution in [-0.2, 0) is 32.7 Å². The lowest BCUT2D eigenvalue weighted by Crippen LogP contribution is -3.00. The average Bonchev–Trinajstić information content (AvgIpc) is 3.68. The second-order valence-corrected chi connectivity index (χ2v) is 12.5. The number of carbonyl (C=O) groups excluding carboxylic acids is 3. The number of aliphatic hydroxyl groups excluding tert-OH is 1. The summed E-state index contributed by atoms with van der Waals surface area (Å²) < 4.78 is 15.1. The number of halogens is 1. The number of esters is 1. The smallest absolute Gasteiger partial charge is 0.410 e. The first-order valence-corrected chi connectivity index (χ1v) is 15.1. The number of rotatable bonds is 11. The summed E-state index contributed by atoms with van der Waals surface area (Å²) in [7, 11) is 2.03. The van der Waals surface area contributed by atoms with E-state index in [0.29, 0.717) is 6.54 Å². The molecular weight excluding hydrogens is 673 g/mol. The molecule has 1 aromatic rings. The van der Waals surface area contributed by atoms with E-state index in [2.05, 4.69) is 33.5 Å². The summed E-state index contributed by atoms with van der Waals surface area (Å²) >= 11 is 1.54. The first kappa shape index (κ1) is 32.4. The lowest BCUT2D eigenvalue weighted by atomic mass is 9.79. The fourth-order valence-corrected chi connectivity index (χ4v) is 8.19. The molecule has 4 aliphatic rings. The minimum Gasteiger partial charge on any atom is -1.00 e. The molecule has 0 radical (unpaired) electrons. The lowest BCUT2D eigenvalue weighted by Gasteiger charge is -2.46. The predicted octanol–water partition coefficient (Wildman–Crippen LogP) is -1.18. The zero-order valence-corrected chi connectivity index (χ0v) is 27.3. The minimum atomic E-state index is -0.819. The van der Waals surface area contributed by atoms with Gasteiger partial charge in [0.25, 0.3) is 0 Å². The number of amides is 2. The number of aromatic nitrogens is 2. The highest BCUT2D eigenvalue weighted by molar-refractivity contribution is 8.03. The number of anilines is 1. The topological polar surface area (TPSA) is 108 Å². The molecule has 5 rings (SSSR count). The molecule has 0 spiro atoms. The molecule has 1 N–H and O–H groups in total. The van der Waals surface area contributed by atoms with E-state index in [1.54, 1.807) is 29.7 Å². The van der Waals surface area contributed by atoms with Gasteiger partial charge in [-0.15, -0.1) is 21.1 Å². The number of hydrogen-bond acceptors (Lipinski definition) is 8. The molecule has 230 valence electrons. The van der Waals surface area contributed by atoms with Crippen molar-refractivity contribution in [3.63, 3.8) is 0 Å². The van der Waals surface area contributed by atoms with E-state index in [0.717, 1.165) is 37.4 Å². The van der Waals surface area contributed by atoms with Crippen molar-refractivity contribution in [3.05, 3.63) is 48.2 Å². The number of likely N-dealkylation sites (tertiary alicyclic amines) is 1. The minimum absolute atomic E-state index is 0. The van der Waals surface area contributed by atoms with Gasteiger partial charge in [-0.1, -0.05) is 32.2 Å². The Morgan fingerprint density at radius 2 is 1.95 bits per heavy atom. The Morgan fingerprint density at radius 3 is 2.64 bits per heavy atom. The van der Waals surface area contributed by atoms with Gasteiger partial charge in [-0.3, -0.25) is 4.79 Å². The summed E-state index contributed by atoms with van der Waals surface area (Å²) in [6.45, 7) is 14.1. The SMILES string of the molecule is C=CCOC(=O)C1=C(S[C@H]2C[C@@H](CCN3CCn4c3cc[n+]4C)N(C(=O)OCC=C)C2)[C@H](C)[C@@H]2[C@@H]([C@@H](C)O)C(=O)N12.[I-]. The van der Waals surface area contributed by atoms with Crippen molar-refractivity contribution in [2.24, 2.45) is 18.9 Å². The van der Waals surface area contributed by atoms with Gasteiger partial charge >= 0.3 is 12.1 Å². The number of β-lactam (4-membered cyclic amide) rings is 1. The molecule has 42 heavy (non-hydrogen) atoms. The Kier molecular flexibility index (Phi) is 10.3. The molecule has 5 heterocycles. The summed E-state index contributed by atoms with van der Waals surface area (Å²) in [4.78, 5) is 45.6. The zero-order valence-electron chi connectivity index (χ0n) is 24.4. The molecule has 6 atom stereocenters. The molecule has 0 saturated carbocycles. The van der Waals surface area contributed by atoms with Crippen LogP contribution in [0.1, 0.15) is 26.7 Å². The molecular formula is C29H40IN5O6S. The van der Waals surface area contributed by atoms with Gasteiger partial charge in [0.15, 0.2) is 19.1 Å². The van der Waals surface area contributed by atoms with E-state index < -0.39 is 18.0 Å². The van der Waals surface area contributed by atoms with E-state index in [1.165, 1.54) is 16.8 Å². The molecule has 13 heteroatoms. The first-order valence-electron chi connectivity index (χ1n) is 14.2. The highest BCUT2D eigenvalue weighted by Gasteiger charge is 2.60. The molecule has 0 aliphatic carbocycles. The van der Waals surface area contributed by atoms with Crippen molar-refractivity contribution in [1.29, 1.82) is 0 Å². The summed E-state index contributed by atoms with van der Waals surface area (Å²) in [5.74, 6) is -0.372. The van der Waals surface area contributed by atoms with Gasteiger partial charge in [0.1, 0.15) is 18.9 Å². The number of carbonyl (C=O) groups is 3. The first-order chi connectivity index (χ1) is 19.7. The third-order valence-corrected chi connectivity index (χ3v) is 10.1. The van der Waals surface area contributed by atoms with E-state index in [-0.39, 0.29) is 78.1 Å². The van der Waals surface area contributed by atoms with Crippen LogP contribution in [0.3, 0.4) is 0 Å². The molecule has 4 aliphatic heterocycles. The molecule has 2 saturated heterocycles. The maximum Gasteiger partial charge on any atom is 0.410 e. The second kappa shape index (κ2) is 13.4. The quantitative estimate of drug-likeness (QED) is 0.101. The maximum absolute atomic E-state index is 13.2. The normalized spacial score (nSPS) is 26.8. The van der Waals surface area contributed by atoms with Gasteiger partial charge in [-0.2, -0.15) is 0 Å². The van der Waals surface area contributed by atoms with Gasteiger partial charge in [0.05, 0.1) is 30.7 Å². The fraction of sp³-hybridized carbons (Fsp3) is 0.586. The van der Waals surface area contributed by atoms with Crippen LogP contribution in [0, 0.1) is 11.8 Å². The number of aliphatic hydroxyl groups is 1. The van der Waals surface area contributed by atoms with Crippen molar-refractivity contribution in [1.82, 2.24) is 14.5 Å². The van der Waals surface area contributed by atoms with Crippen LogP contribution in [0.25, 0.3) is 0 Å². The number of fused-ring (bicyclic) bond motifs is 2. The monoisotopic (exact) mass is 713 g/mol. The van der Waals surface area contributed by atoms with Crippen molar-refractivity contribution >= 4 is 35.5 Å². The van der Waals surface area contributed by atoms with E-state index >= 15 is 0 Å². The zero-order chi connectivity index (χ0) is 29.4. The molecule has 2 fully saturated rings. The molecule has 0 aromatic carbocycles. The van der Waals surface area contributed by atoms with E-state index in [1.807, 2.05) is 20.2 Å². The Hall–Kier alpha value is -2.52. The molecule has 0 unspecified atom stereocenters. The Morgan fingerprint density at radius 1 is 1.24 bits per heavy atom. The van der Waals surface area contributed by atoms with Crippen molar-refractivity contribution in [2.45, 2.75) is 56.7 Å². The van der Waals surface area contributed by atoms with Crippen LogP contribution < -0.4 is 33.6 Å². The summed E-state index contributed by atoms with van der Waals surface area (Å²) in [6, 6.07) is 1.78. The number of nitrogens with zero attached hydrogens (tertiary/aromatic N) is 5. The van der Waals surface area contributed by atoms with E-state index in [9.17, 15) is 19.5 Å². The number of ether oxygens (including phenoxy) is 2. The third kappa shape index (κ3) is 5.83. The van der Waals surface area contributed by atoms with Crippen molar-refractivity contribution < 1.29 is 57.6 Å². The summed E-state index contributed by atoms with van der Waals surface area (Å²) in [5, 5.41) is 10.3. The second-order valence-electron chi connectivity index (χ2n) is 11.1. The van der Waals surface area contributed by atoms with Crippen molar-refractivity contribution in [3.8, 4) is 0 Å².